The molecule has 160 valence electrons. The Morgan fingerprint density at radius 1 is 1.03 bits per heavy atom. The summed E-state index contributed by atoms with van der Waals surface area (Å²) in [5, 5.41) is 0. The molecule has 1 amide bonds. The van der Waals surface area contributed by atoms with E-state index in [0.29, 0.717) is 18.7 Å². The number of rotatable bonds is 4. The minimum absolute atomic E-state index is 0.183. The molecule has 0 bridgehead atoms. The number of carbonyl (C=O) groups excluding carboxylic acids is 2. The van der Waals surface area contributed by atoms with Crippen LogP contribution in [-0.2, 0) is 22.5 Å². The second kappa shape index (κ2) is 8.30. The van der Waals surface area contributed by atoms with Crippen LogP contribution in [0.25, 0.3) is 22.4 Å². The molecule has 3 aromatic carbocycles. The smallest absolute Gasteiger partial charge is 0.338 e. The first-order valence-corrected chi connectivity index (χ1v) is 10.7. The minimum Gasteiger partial charge on any atom is -0.452 e. The first-order valence-electron chi connectivity index (χ1n) is 10.7. The fraction of sp³-hybridized carbons (Fsp3) is 0.192. The molecule has 6 heteroatoms. The number of aryl methyl sites for hydroxylation is 1. The molecule has 0 unspecified atom stereocenters. The number of ether oxygens (including phenoxy) is 1. The fourth-order valence-electron chi connectivity index (χ4n) is 4.00. The first kappa shape index (κ1) is 20.0. The van der Waals surface area contributed by atoms with Gasteiger partial charge in [0.25, 0.3) is 5.91 Å². The summed E-state index contributed by atoms with van der Waals surface area (Å²) in [5.41, 5.74) is 6.46. The van der Waals surface area contributed by atoms with E-state index in [4.69, 9.17) is 4.74 Å². The number of carbonyl (C=O) groups is 2. The van der Waals surface area contributed by atoms with E-state index in [1.807, 2.05) is 49.4 Å². The summed E-state index contributed by atoms with van der Waals surface area (Å²) in [7, 11) is 0. The lowest BCUT2D eigenvalue weighted by Gasteiger charge is -2.28. The minimum atomic E-state index is -0.524. The number of amides is 1. The average molecular weight is 425 g/mol. The number of nitrogens with zero attached hydrogens (tertiary/aromatic N) is 2. The number of esters is 1. The van der Waals surface area contributed by atoms with Crippen LogP contribution < -0.4 is 0 Å². The normalized spacial score (nSPS) is 13.1. The van der Waals surface area contributed by atoms with Gasteiger partial charge >= 0.3 is 5.97 Å². The Labute approximate surface area is 185 Å². The van der Waals surface area contributed by atoms with Crippen LogP contribution in [-0.4, -0.2) is 39.9 Å². The van der Waals surface area contributed by atoms with Crippen LogP contribution in [0.2, 0.25) is 0 Å². The van der Waals surface area contributed by atoms with Crippen molar-refractivity contribution in [1.82, 2.24) is 14.9 Å². The summed E-state index contributed by atoms with van der Waals surface area (Å²) in [6.07, 6.45) is 0.815. The highest BCUT2D eigenvalue weighted by Crippen LogP contribution is 2.22. The number of aromatic nitrogens is 2. The molecule has 0 radical (unpaired) electrons. The largest absolute Gasteiger partial charge is 0.452 e. The molecule has 5 rings (SSSR count). The van der Waals surface area contributed by atoms with Crippen molar-refractivity contribution in [2.45, 2.75) is 19.9 Å². The zero-order chi connectivity index (χ0) is 22.1. The van der Waals surface area contributed by atoms with Crippen molar-refractivity contribution in [3.8, 4) is 11.4 Å². The molecule has 1 aromatic heterocycles. The van der Waals surface area contributed by atoms with Crippen LogP contribution in [0.3, 0.4) is 0 Å². The summed E-state index contributed by atoms with van der Waals surface area (Å²) in [4.78, 5) is 34.7. The molecule has 6 nitrogen and oxygen atoms in total. The maximum Gasteiger partial charge on any atom is 0.338 e. The van der Waals surface area contributed by atoms with Gasteiger partial charge in [-0.25, -0.2) is 9.78 Å². The summed E-state index contributed by atoms with van der Waals surface area (Å²) in [6, 6.07) is 21.4. The van der Waals surface area contributed by atoms with Gasteiger partial charge in [0.1, 0.15) is 5.82 Å². The predicted octanol–water partition coefficient (Wildman–Crippen LogP) is 4.28. The molecule has 4 aromatic rings. The molecule has 1 N–H and O–H groups in total. The third-order valence-corrected chi connectivity index (χ3v) is 5.85. The van der Waals surface area contributed by atoms with Gasteiger partial charge in [-0.1, -0.05) is 54.1 Å². The number of imidazole rings is 1. The zero-order valence-corrected chi connectivity index (χ0v) is 17.8. The fourth-order valence-corrected chi connectivity index (χ4v) is 4.00. The van der Waals surface area contributed by atoms with Crippen molar-refractivity contribution < 1.29 is 14.3 Å². The van der Waals surface area contributed by atoms with Crippen molar-refractivity contribution in [3.05, 3.63) is 89.0 Å². The number of fused-ring (bicyclic) bond motifs is 2. The maximum atomic E-state index is 12.6. The number of benzene rings is 3. The van der Waals surface area contributed by atoms with Gasteiger partial charge < -0.3 is 14.6 Å². The lowest BCUT2D eigenvalue weighted by molar-refractivity contribution is -0.135. The quantitative estimate of drug-likeness (QED) is 0.495. The van der Waals surface area contributed by atoms with Crippen molar-refractivity contribution in [3.63, 3.8) is 0 Å². The number of hydrogen-bond donors (Lipinski definition) is 1. The highest BCUT2D eigenvalue weighted by Gasteiger charge is 2.22. The molecule has 2 heterocycles. The SMILES string of the molecule is Cc1ccc(-c2nc3ccc(C(=O)OCC(=O)N4CCc5ccccc5C4)cc3[nH]2)cc1. The van der Waals surface area contributed by atoms with Crippen LogP contribution in [0, 0.1) is 6.92 Å². The van der Waals surface area contributed by atoms with Crippen molar-refractivity contribution in [2.75, 3.05) is 13.2 Å². The van der Waals surface area contributed by atoms with Crippen molar-refractivity contribution >= 4 is 22.9 Å². The number of H-pyrrole nitrogens is 1. The van der Waals surface area contributed by atoms with E-state index in [0.717, 1.165) is 34.4 Å². The molecule has 0 fully saturated rings. The molecule has 0 saturated heterocycles. The molecular formula is C26H23N3O3. The van der Waals surface area contributed by atoms with Crippen molar-refractivity contribution in [2.24, 2.45) is 0 Å². The molecule has 0 aliphatic carbocycles. The van der Waals surface area contributed by atoms with E-state index in [2.05, 4.69) is 16.0 Å². The van der Waals surface area contributed by atoms with Crippen LogP contribution >= 0.6 is 0 Å². The van der Waals surface area contributed by atoms with E-state index in [1.165, 1.54) is 11.1 Å². The van der Waals surface area contributed by atoms with Gasteiger partial charge in [-0.3, -0.25) is 4.79 Å². The van der Waals surface area contributed by atoms with Crippen molar-refractivity contribution in [1.29, 1.82) is 0 Å². The van der Waals surface area contributed by atoms with Crippen LogP contribution in [0.5, 0.6) is 0 Å². The molecule has 0 atom stereocenters. The standard InChI is InChI=1S/C26H23N3O3/c1-17-6-8-19(9-7-17)25-27-22-11-10-20(14-23(22)28-25)26(31)32-16-24(30)29-13-12-18-4-2-3-5-21(18)15-29/h2-11,14H,12-13,15-16H2,1H3,(H,27,28). The number of hydrogen-bond acceptors (Lipinski definition) is 4. The topological polar surface area (TPSA) is 75.3 Å². The van der Waals surface area contributed by atoms with Crippen LogP contribution in [0.15, 0.2) is 66.7 Å². The Morgan fingerprint density at radius 2 is 1.81 bits per heavy atom. The Kier molecular flexibility index (Phi) is 5.19. The molecule has 0 spiro atoms. The predicted molar refractivity (Wildman–Crippen MR) is 122 cm³/mol. The van der Waals surface area contributed by atoms with Gasteiger partial charge in [0.05, 0.1) is 16.6 Å². The Hall–Kier alpha value is -3.93. The maximum absolute atomic E-state index is 12.6. The second-order valence-electron chi connectivity index (χ2n) is 8.09. The summed E-state index contributed by atoms with van der Waals surface area (Å²) < 4.78 is 5.32. The van der Waals surface area contributed by atoms with E-state index >= 15 is 0 Å². The lowest BCUT2D eigenvalue weighted by atomic mass is 10.00. The Bertz CT molecular complexity index is 1310. The van der Waals surface area contributed by atoms with Gasteiger partial charge in [-0.2, -0.15) is 0 Å². The van der Waals surface area contributed by atoms with Gasteiger partial charge in [0.2, 0.25) is 0 Å². The van der Waals surface area contributed by atoms with E-state index in [-0.39, 0.29) is 12.5 Å². The molecular weight excluding hydrogens is 402 g/mol. The van der Waals surface area contributed by atoms with Gasteiger partial charge in [0, 0.05) is 18.7 Å². The highest BCUT2D eigenvalue weighted by molar-refractivity contribution is 5.95. The van der Waals surface area contributed by atoms with Crippen LogP contribution in [0.4, 0.5) is 0 Å². The van der Waals surface area contributed by atoms with Gasteiger partial charge in [-0.05, 0) is 42.7 Å². The zero-order valence-electron chi connectivity index (χ0n) is 17.8. The van der Waals surface area contributed by atoms with Gasteiger partial charge in [0.15, 0.2) is 6.61 Å². The van der Waals surface area contributed by atoms with Gasteiger partial charge in [-0.15, -0.1) is 0 Å². The molecule has 1 aliphatic rings. The molecule has 0 saturated carbocycles. The number of nitrogens with one attached hydrogen (secondary N) is 1. The van der Waals surface area contributed by atoms with Crippen LogP contribution in [0.1, 0.15) is 27.0 Å². The Balaban J connectivity index is 1.25. The number of aromatic amines is 1. The third-order valence-electron chi connectivity index (χ3n) is 5.85. The van der Waals surface area contributed by atoms with E-state index in [9.17, 15) is 9.59 Å². The van der Waals surface area contributed by atoms with E-state index < -0.39 is 5.97 Å². The third kappa shape index (κ3) is 3.99. The first-order chi connectivity index (χ1) is 15.6. The monoisotopic (exact) mass is 425 g/mol. The summed E-state index contributed by atoms with van der Waals surface area (Å²) in [5.74, 6) is 0.0346. The van der Waals surface area contributed by atoms with E-state index in [1.54, 1.807) is 23.1 Å². The Morgan fingerprint density at radius 3 is 2.62 bits per heavy atom. The lowest BCUT2D eigenvalue weighted by Crippen LogP contribution is -2.38. The highest BCUT2D eigenvalue weighted by atomic mass is 16.5. The summed E-state index contributed by atoms with van der Waals surface area (Å²) in [6.45, 7) is 2.95. The molecule has 1 aliphatic heterocycles. The average Bonchev–Trinajstić information content (AvgIpc) is 3.26. The molecule has 32 heavy (non-hydrogen) atoms. The summed E-state index contributed by atoms with van der Waals surface area (Å²) >= 11 is 0. The second-order valence-corrected chi connectivity index (χ2v) is 8.09.